The molecule has 11 heavy (non-hydrogen) atoms. The van der Waals surface area contributed by atoms with Gasteiger partial charge in [-0.1, -0.05) is 6.92 Å². The van der Waals surface area contributed by atoms with Crippen LogP contribution in [0.1, 0.15) is 21.7 Å². The molecular formula is C8H21N3. The van der Waals surface area contributed by atoms with Crippen molar-refractivity contribution in [1.29, 1.82) is 0 Å². The van der Waals surface area contributed by atoms with Gasteiger partial charge in [-0.25, -0.2) is 0 Å². The largest absolute Gasteiger partial charge is 0.356 e. The molecule has 0 aromatic carbocycles. The maximum atomic E-state index is 4.13. The third-order valence-corrected chi connectivity index (χ3v) is 1.58. The third-order valence-electron chi connectivity index (χ3n) is 1.58. The maximum absolute atomic E-state index is 4.13. The maximum Gasteiger partial charge on any atom is 0.193 e. The summed E-state index contributed by atoms with van der Waals surface area (Å²) in [5.41, 5.74) is 0. The minimum Gasteiger partial charge on any atom is -0.356 e. The Morgan fingerprint density at radius 1 is 1.55 bits per heavy atom. The molecule has 0 amide bonds. The van der Waals surface area contributed by atoms with Crippen molar-refractivity contribution >= 4 is 5.96 Å². The van der Waals surface area contributed by atoms with E-state index in [1.807, 2.05) is 14.1 Å². The Morgan fingerprint density at radius 2 is 2.18 bits per heavy atom. The second kappa shape index (κ2) is 6.01. The van der Waals surface area contributed by atoms with Crippen LogP contribution in [0.4, 0.5) is 0 Å². The first-order chi connectivity index (χ1) is 5.26. The molecule has 0 aromatic heterocycles. The summed E-state index contributed by atoms with van der Waals surface area (Å²) >= 11 is 0. The highest BCUT2D eigenvalue weighted by Crippen LogP contribution is 1.83. The van der Waals surface area contributed by atoms with Crippen LogP contribution < -0.4 is 5.32 Å². The van der Waals surface area contributed by atoms with E-state index in [2.05, 4.69) is 29.1 Å². The van der Waals surface area contributed by atoms with Crippen molar-refractivity contribution in [3.63, 3.8) is 0 Å². The number of aliphatic imine (C=N–C) groups is 1. The first-order valence-corrected chi connectivity index (χ1v) is 4.18. The Labute approximate surface area is 71.0 Å². The van der Waals surface area contributed by atoms with Gasteiger partial charge in [0.2, 0.25) is 0 Å². The van der Waals surface area contributed by atoms with Gasteiger partial charge in [0.1, 0.15) is 0 Å². The fraction of sp³-hybridized carbons (Fsp3) is 0.875. The van der Waals surface area contributed by atoms with Gasteiger partial charge in [-0.15, -0.1) is 0 Å². The summed E-state index contributed by atoms with van der Waals surface area (Å²) in [5, 5.41) is 3.25. The molecule has 0 unspecified atom stereocenters. The van der Waals surface area contributed by atoms with Gasteiger partial charge in [-0.05, 0) is 13.3 Å². The van der Waals surface area contributed by atoms with Crippen molar-refractivity contribution in [3.05, 3.63) is 0 Å². The van der Waals surface area contributed by atoms with E-state index in [4.69, 9.17) is 0 Å². The standard InChI is InChI=1S/C8H19N3.H2/c1-5-7-10-8(9-3)11(4)6-2;/h5-7H2,1-4H3,(H,9,10);1H. The topological polar surface area (TPSA) is 27.6 Å². The molecule has 0 fully saturated rings. The minimum absolute atomic E-state index is 0. The lowest BCUT2D eigenvalue weighted by Gasteiger charge is -2.19. The summed E-state index contributed by atoms with van der Waals surface area (Å²) in [6, 6.07) is 0. The molecule has 0 saturated heterocycles. The molecule has 1 N–H and O–H groups in total. The average molecular weight is 159 g/mol. The Balaban J connectivity index is 0. The summed E-state index contributed by atoms with van der Waals surface area (Å²) in [7, 11) is 3.84. The molecule has 0 spiro atoms. The van der Waals surface area contributed by atoms with Gasteiger partial charge in [0.25, 0.3) is 0 Å². The van der Waals surface area contributed by atoms with Crippen LogP contribution in [0.2, 0.25) is 0 Å². The van der Waals surface area contributed by atoms with Crippen molar-refractivity contribution in [1.82, 2.24) is 10.2 Å². The molecule has 0 aromatic rings. The van der Waals surface area contributed by atoms with Crippen molar-refractivity contribution < 1.29 is 1.43 Å². The number of nitrogens with zero attached hydrogens (tertiary/aromatic N) is 2. The summed E-state index contributed by atoms with van der Waals surface area (Å²) in [6.45, 7) is 6.24. The number of hydrogen-bond donors (Lipinski definition) is 1. The normalized spacial score (nSPS) is 11.5. The lowest BCUT2D eigenvalue weighted by Crippen LogP contribution is -2.38. The van der Waals surface area contributed by atoms with Crippen LogP contribution in [-0.2, 0) is 0 Å². The van der Waals surface area contributed by atoms with E-state index < -0.39 is 0 Å². The van der Waals surface area contributed by atoms with Crippen LogP contribution in [-0.4, -0.2) is 38.0 Å². The molecular weight excluding hydrogens is 138 g/mol. The van der Waals surface area contributed by atoms with Crippen LogP contribution in [0.25, 0.3) is 0 Å². The van der Waals surface area contributed by atoms with Gasteiger partial charge in [0.15, 0.2) is 5.96 Å². The molecule has 0 radical (unpaired) electrons. The van der Waals surface area contributed by atoms with Gasteiger partial charge in [-0.2, -0.15) is 0 Å². The molecule has 0 aliphatic rings. The Morgan fingerprint density at radius 3 is 2.55 bits per heavy atom. The van der Waals surface area contributed by atoms with E-state index >= 15 is 0 Å². The lowest BCUT2D eigenvalue weighted by atomic mass is 10.5. The number of hydrogen-bond acceptors (Lipinski definition) is 1. The molecule has 0 heterocycles. The predicted octanol–water partition coefficient (Wildman–Crippen LogP) is 1.17. The SMILES string of the molecule is CCCNC(=NC)N(C)CC.[HH]. The highest BCUT2D eigenvalue weighted by Gasteiger charge is 1.99. The lowest BCUT2D eigenvalue weighted by molar-refractivity contribution is 0.508. The van der Waals surface area contributed by atoms with E-state index in [0.29, 0.717) is 0 Å². The van der Waals surface area contributed by atoms with Crippen molar-refractivity contribution in [2.75, 3.05) is 27.2 Å². The van der Waals surface area contributed by atoms with Gasteiger partial charge in [0.05, 0.1) is 0 Å². The molecule has 3 heteroatoms. The molecule has 0 bridgehead atoms. The average Bonchev–Trinajstić information content (AvgIpc) is 2.05. The number of rotatable bonds is 3. The van der Waals surface area contributed by atoms with Crippen LogP contribution in [0.5, 0.6) is 0 Å². The van der Waals surface area contributed by atoms with Crippen LogP contribution in [0.15, 0.2) is 4.99 Å². The second-order valence-corrected chi connectivity index (χ2v) is 2.49. The summed E-state index contributed by atoms with van der Waals surface area (Å²) < 4.78 is 0. The van der Waals surface area contributed by atoms with Gasteiger partial charge in [-0.3, -0.25) is 4.99 Å². The minimum atomic E-state index is 0. The molecule has 68 valence electrons. The third kappa shape index (κ3) is 3.86. The van der Waals surface area contributed by atoms with Gasteiger partial charge < -0.3 is 10.2 Å². The van der Waals surface area contributed by atoms with Crippen molar-refractivity contribution in [3.8, 4) is 0 Å². The van der Waals surface area contributed by atoms with Gasteiger partial charge in [0, 0.05) is 28.6 Å². The molecule has 0 aliphatic heterocycles. The van der Waals surface area contributed by atoms with E-state index in [0.717, 1.165) is 25.5 Å². The number of nitrogens with one attached hydrogen (secondary N) is 1. The zero-order valence-corrected chi connectivity index (χ0v) is 8.02. The summed E-state index contributed by atoms with van der Waals surface area (Å²) in [4.78, 5) is 6.22. The smallest absolute Gasteiger partial charge is 0.193 e. The van der Waals surface area contributed by atoms with E-state index in [1.54, 1.807) is 0 Å². The van der Waals surface area contributed by atoms with E-state index in [1.165, 1.54) is 0 Å². The molecule has 0 rings (SSSR count). The molecule has 0 aliphatic carbocycles. The van der Waals surface area contributed by atoms with Crippen molar-refractivity contribution in [2.24, 2.45) is 4.99 Å². The zero-order valence-electron chi connectivity index (χ0n) is 8.02. The number of guanidine groups is 1. The fourth-order valence-corrected chi connectivity index (χ4v) is 0.771. The van der Waals surface area contributed by atoms with E-state index in [9.17, 15) is 0 Å². The zero-order chi connectivity index (χ0) is 8.69. The molecule has 3 nitrogen and oxygen atoms in total. The molecule has 0 atom stereocenters. The predicted molar refractivity (Wildman–Crippen MR) is 52.1 cm³/mol. The van der Waals surface area contributed by atoms with Crippen LogP contribution in [0, 0.1) is 0 Å². The Bertz CT molecular complexity index is 125. The second-order valence-electron chi connectivity index (χ2n) is 2.49. The van der Waals surface area contributed by atoms with E-state index in [-0.39, 0.29) is 1.43 Å². The quantitative estimate of drug-likeness (QED) is 0.494. The first-order valence-electron chi connectivity index (χ1n) is 4.18. The molecule has 0 saturated carbocycles. The van der Waals surface area contributed by atoms with Crippen LogP contribution >= 0.6 is 0 Å². The summed E-state index contributed by atoms with van der Waals surface area (Å²) in [5.74, 6) is 0.981. The Hall–Kier alpha value is -0.730. The van der Waals surface area contributed by atoms with Crippen LogP contribution in [0.3, 0.4) is 0 Å². The van der Waals surface area contributed by atoms with Crippen molar-refractivity contribution in [2.45, 2.75) is 20.3 Å². The highest BCUT2D eigenvalue weighted by molar-refractivity contribution is 5.79. The van der Waals surface area contributed by atoms with Gasteiger partial charge >= 0.3 is 0 Å². The highest BCUT2D eigenvalue weighted by atomic mass is 15.3. The fourth-order valence-electron chi connectivity index (χ4n) is 0.771. The Kier molecular flexibility index (Phi) is 5.61. The summed E-state index contributed by atoms with van der Waals surface area (Å²) in [6.07, 6.45) is 1.14. The first kappa shape index (κ1) is 10.3. The monoisotopic (exact) mass is 159 g/mol.